The van der Waals surface area contributed by atoms with E-state index >= 15 is 0 Å². The molecular formula is C12H18N2O2. The fourth-order valence-electron chi connectivity index (χ4n) is 2.65. The summed E-state index contributed by atoms with van der Waals surface area (Å²) in [5.41, 5.74) is 0.564. The van der Waals surface area contributed by atoms with Crippen molar-refractivity contribution >= 4 is 11.8 Å². The molecule has 1 fully saturated rings. The van der Waals surface area contributed by atoms with E-state index in [0.717, 1.165) is 25.9 Å². The fourth-order valence-corrected chi connectivity index (χ4v) is 2.65. The van der Waals surface area contributed by atoms with Gasteiger partial charge in [-0.1, -0.05) is 6.92 Å². The largest absolute Gasteiger partial charge is 0.316 e. The third-order valence-corrected chi connectivity index (χ3v) is 3.53. The molecule has 0 bridgehead atoms. The third kappa shape index (κ3) is 1.78. The molecule has 2 unspecified atom stereocenters. The molecular weight excluding hydrogens is 204 g/mol. The minimum Gasteiger partial charge on any atom is -0.316 e. The van der Waals surface area contributed by atoms with E-state index in [2.05, 4.69) is 5.32 Å². The normalized spacial score (nSPS) is 27.5. The first-order valence-corrected chi connectivity index (χ1v) is 5.91. The summed E-state index contributed by atoms with van der Waals surface area (Å²) < 4.78 is 0. The number of hydrogen-bond acceptors (Lipinski definition) is 3. The van der Waals surface area contributed by atoms with Crippen molar-refractivity contribution in [3.8, 4) is 0 Å². The highest BCUT2D eigenvalue weighted by Gasteiger charge is 2.38. The summed E-state index contributed by atoms with van der Waals surface area (Å²) in [4.78, 5) is 25.1. The predicted molar refractivity (Wildman–Crippen MR) is 60.7 cm³/mol. The first kappa shape index (κ1) is 11.3. The van der Waals surface area contributed by atoms with E-state index in [1.165, 1.54) is 11.0 Å². The van der Waals surface area contributed by atoms with Crippen LogP contribution >= 0.6 is 0 Å². The summed E-state index contributed by atoms with van der Waals surface area (Å²) in [6.45, 7) is 5.65. The summed E-state index contributed by atoms with van der Waals surface area (Å²) >= 11 is 0. The van der Waals surface area contributed by atoms with Crippen LogP contribution in [0.5, 0.6) is 0 Å². The first-order chi connectivity index (χ1) is 7.65. The molecule has 0 aromatic rings. The smallest absolute Gasteiger partial charge is 0.256 e. The Labute approximate surface area is 95.7 Å². The van der Waals surface area contributed by atoms with Gasteiger partial charge >= 0.3 is 0 Å². The number of rotatable bonds is 3. The van der Waals surface area contributed by atoms with Crippen molar-refractivity contribution in [1.29, 1.82) is 0 Å². The molecule has 2 amide bonds. The van der Waals surface area contributed by atoms with Gasteiger partial charge in [-0.25, -0.2) is 0 Å². The second kappa shape index (κ2) is 4.37. The van der Waals surface area contributed by atoms with E-state index in [-0.39, 0.29) is 17.9 Å². The number of imide groups is 1. The number of amides is 2. The van der Waals surface area contributed by atoms with Crippen molar-refractivity contribution in [2.75, 3.05) is 13.1 Å². The molecule has 0 spiro atoms. The highest BCUT2D eigenvalue weighted by atomic mass is 16.2. The van der Waals surface area contributed by atoms with Gasteiger partial charge in [-0.2, -0.15) is 0 Å². The zero-order valence-electron chi connectivity index (χ0n) is 9.82. The van der Waals surface area contributed by atoms with Crippen LogP contribution in [0.1, 0.15) is 26.7 Å². The maximum Gasteiger partial charge on any atom is 0.256 e. The zero-order valence-corrected chi connectivity index (χ0v) is 9.82. The summed E-state index contributed by atoms with van der Waals surface area (Å²) in [5, 5.41) is 3.29. The zero-order chi connectivity index (χ0) is 11.7. The highest BCUT2D eigenvalue weighted by molar-refractivity contribution is 6.16. The van der Waals surface area contributed by atoms with Gasteiger partial charge in [0.15, 0.2) is 0 Å². The van der Waals surface area contributed by atoms with Crippen LogP contribution in [-0.2, 0) is 9.59 Å². The number of hydrogen-bond donors (Lipinski definition) is 1. The predicted octanol–water partition coefficient (Wildman–Crippen LogP) is 0.690. The van der Waals surface area contributed by atoms with Gasteiger partial charge in [-0.05, 0) is 38.8 Å². The summed E-state index contributed by atoms with van der Waals surface area (Å²) in [6.07, 6.45) is 3.34. The van der Waals surface area contributed by atoms with Crippen molar-refractivity contribution < 1.29 is 9.59 Å². The summed E-state index contributed by atoms with van der Waals surface area (Å²) in [7, 11) is 0. The Hall–Kier alpha value is -1.16. The van der Waals surface area contributed by atoms with Crippen molar-refractivity contribution in [1.82, 2.24) is 10.2 Å². The van der Waals surface area contributed by atoms with Crippen LogP contribution in [0.25, 0.3) is 0 Å². The van der Waals surface area contributed by atoms with Crippen molar-refractivity contribution in [3.05, 3.63) is 11.6 Å². The molecule has 2 aliphatic heterocycles. The Morgan fingerprint density at radius 1 is 1.56 bits per heavy atom. The average molecular weight is 222 g/mol. The Bertz CT molecular complexity index is 343. The highest BCUT2D eigenvalue weighted by Crippen LogP contribution is 2.25. The second-order valence-corrected chi connectivity index (χ2v) is 4.57. The number of nitrogens with one attached hydrogen (secondary N) is 1. The maximum absolute atomic E-state index is 11.9. The van der Waals surface area contributed by atoms with Gasteiger partial charge in [-0.15, -0.1) is 0 Å². The Morgan fingerprint density at radius 3 is 2.75 bits per heavy atom. The lowest BCUT2D eigenvalue weighted by Gasteiger charge is -2.30. The molecule has 4 nitrogen and oxygen atoms in total. The van der Waals surface area contributed by atoms with Crippen LogP contribution < -0.4 is 5.32 Å². The molecule has 2 rings (SSSR count). The average Bonchev–Trinajstić information content (AvgIpc) is 2.84. The third-order valence-electron chi connectivity index (χ3n) is 3.53. The fraction of sp³-hybridized carbons (Fsp3) is 0.667. The second-order valence-electron chi connectivity index (χ2n) is 4.57. The van der Waals surface area contributed by atoms with Crippen LogP contribution in [0.15, 0.2) is 11.6 Å². The van der Waals surface area contributed by atoms with Crippen LogP contribution in [0.3, 0.4) is 0 Å². The van der Waals surface area contributed by atoms with Crippen molar-refractivity contribution in [2.24, 2.45) is 5.92 Å². The molecule has 0 aromatic heterocycles. The Kier molecular flexibility index (Phi) is 3.10. The summed E-state index contributed by atoms with van der Waals surface area (Å²) in [5.74, 6) is 0.169. The minimum atomic E-state index is -0.138. The van der Waals surface area contributed by atoms with Crippen molar-refractivity contribution in [2.45, 2.75) is 32.7 Å². The molecule has 88 valence electrons. The molecule has 2 atom stereocenters. The quantitative estimate of drug-likeness (QED) is 0.715. The van der Waals surface area contributed by atoms with E-state index in [0.29, 0.717) is 11.5 Å². The number of carbonyl (C=O) groups excluding carboxylic acids is 2. The lowest BCUT2D eigenvalue weighted by atomic mass is 9.95. The monoisotopic (exact) mass is 222 g/mol. The molecule has 16 heavy (non-hydrogen) atoms. The molecule has 0 aromatic carbocycles. The van der Waals surface area contributed by atoms with Gasteiger partial charge in [0.1, 0.15) is 0 Å². The molecule has 0 radical (unpaired) electrons. The molecule has 0 saturated carbocycles. The molecule has 2 heterocycles. The molecule has 2 aliphatic rings. The van der Waals surface area contributed by atoms with Crippen LogP contribution in [0.2, 0.25) is 0 Å². The number of carbonyl (C=O) groups is 2. The van der Waals surface area contributed by atoms with E-state index < -0.39 is 0 Å². The van der Waals surface area contributed by atoms with E-state index in [4.69, 9.17) is 0 Å². The van der Waals surface area contributed by atoms with Crippen LogP contribution in [0, 0.1) is 5.92 Å². The molecule has 0 aliphatic carbocycles. The SMILES string of the molecule is CCC(C1CCNC1)N1C(=O)C=C(C)C1=O. The Morgan fingerprint density at radius 2 is 2.31 bits per heavy atom. The lowest BCUT2D eigenvalue weighted by Crippen LogP contribution is -2.45. The number of nitrogens with zero attached hydrogens (tertiary/aromatic N) is 1. The first-order valence-electron chi connectivity index (χ1n) is 5.91. The van der Waals surface area contributed by atoms with Gasteiger partial charge in [0, 0.05) is 17.7 Å². The van der Waals surface area contributed by atoms with Gasteiger partial charge < -0.3 is 5.32 Å². The van der Waals surface area contributed by atoms with Crippen molar-refractivity contribution in [3.63, 3.8) is 0 Å². The summed E-state index contributed by atoms with van der Waals surface area (Å²) in [6, 6.07) is 0.0590. The van der Waals surface area contributed by atoms with Crippen LogP contribution in [-0.4, -0.2) is 35.8 Å². The van der Waals surface area contributed by atoms with E-state index in [1.807, 2.05) is 6.92 Å². The standard InChI is InChI=1S/C12H18N2O2/c1-3-10(9-4-5-13-7-9)14-11(15)6-8(2)12(14)16/h6,9-10,13H,3-5,7H2,1-2H3. The van der Waals surface area contributed by atoms with E-state index in [9.17, 15) is 9.59 Å². The van der Waals surface area contributed by atoms with Gasteiger partial charge in [-0.3, -0.25) is 14.5 Å². The lowest BCUT2D eigenvalue weighted by molar-refractivity contribution is -0.141. The molecule has 4 heteroatoms. The van der Waals surface area contributed by atoms with Gasteiger partial charge in [0.2, 0.25) is 0 Å². The van der Waals surface area contributed by atoms with E-state index in [1.54, 1.807) is 6.92 Å². The molecule has 1 N–H and O–H groups in total. The maximum atomic E-state index is 11.9. The Balaban J connectivity index is 2.16. The topological polar surface area (TPSA) is 49.4 Å². The molecule has 1 saturated heterocycles. The van der Waals surface area contributed by atoms with Gasteiger partial charge in [0.05, 0.1) is 0 Å². The minimum absolute atomic E-state index is 0.0590. The van der Waals surface area contributed by atoms with Crippen LogP contribution in [0.4, 0.5) is 0 Å². The van der Waals surface area contributed by atoms with Gasteiger partial charge in [0.25, 0.3) is 11.8 Å².